The summed E-state index contributed by atoms with van der Waals surface area (Å²) in [7, 11) is 1.73. The number of carbonyl (C=O) groups is 2. The van der Waals surface area contributed by atoms with Gasteiger partial charge in [-0.15, -0.1) is 0 Å². The minimum Gasteiger partial charge on any atom is -0.381 e. The molecule has 3 atom stereocenters. The van der Waals surface area contributed by atoms with Crippen molar-refractivity contribution >= 4 is 29.2 Å². The molecule has 2 aromatic heterocycles. The van der Waals surface area contributed by atoms with E-state index in [0.29, 0.717) is 17.3 Å². The van der Waals surface area contributed by atoms with Crippen LogP contribution in [0.4, 0.5) is 5.82 Å². The van der Waals surface area contributed by atoms with Crippen LogP contribution in [-0.4, -0.2) is 45.8 Å². The van der Waals surface area contributed by atoms with Crippen LogP contribution in [-0.2, 0) is 27.3 Å². The van der Waals surface area contributed by atoms with E-state index in [9.17, 15) is 9.59 Å². The maximum atomic E-state index is 12.9. The van der Waals surface area contributed by atoms with Crippen LogP contribution < -0.4 is 10.6 Å². The molecule has 0 radical (unpaired) electrons. The Morgan fingerprint density at radius 2 is 2.06 bits per heavy atom. The van der Waals surface area contributed by atoms with Crippen LogP contribution in [0.25, 0.3) is 11.1 Å². The molecule has 2 aromatic rings. The molecule has 1 aliphatic heterocycles. The largest absolute Gasteiger partial charge is 0.381 e. The molecule has 2 N–H and O–H groups in total. The number of anilines is 1. The van der Waals surface area contributed by atoms with E-state index in [1.165, 1.54) is 6.92 Å². The molecule has 1 saturated carbocycles. The van der Waals surface area contributed by atoms with Gasteiger partial charge in [-0.25, -0.2) is 4.98 Å². The van der Waals surface area contributed by atoms with Gasteiger partial charge in [0.2, 0.25) is 11.8 Å². The second kappa shape index (κ2) is 9.36. The van der Waals surface area contributed by atoms with E-state index in [1.54, 1.807) is 13.3 Å². The number of hydrogen-bond donors (Lipinski definition) is 2. The number of ether oxygens (including phenoxy) is 1. The van der Waals surface area contributed by atoms with Crippen LogP contribution in [0.1, 0.15) is 44.7 Å². The minimum atomic E-state index is -0.155. The molecule has 4 rings (SSSR count). The second-order valence-electron chi connectivity index (χ2n) is 8.38. The quantitative estimate of drug-likeness (QED) is 0.736. The second-order valence-corrected chi connectivity index (χ2v) is 8.79. The van der Waals surface area contributed by atoms with Gasteiger partial charge >= 0.3 is 0 Å². The average molecular weight is 446 g/mol. The molecule has 1 fully saturated rings. The maximum Gasteiger partial charge on any atom is 0.228 e. The lowest BCUT2D eigenvalue weighted by Gasteiger charge is -2.28. The van der Waals surface area contributed by atoms with Gasteiger partial charge in [0.05, 0.1) is 17.3 Å². The molecule has 0 spiro atoms. The van der Waals surface area contributed by atoms with Crippen molar-refractivity contribution in [1.29, 1.82) is 0 Å². The highest BCUT2D eigenvalue weighted by Crippen LogP contribution is 2.34. The minimum absolute atomic E-state index is 0.0448. The zero-order chi connectivity index (χ0) is 22.0. The van der Waals surface area contributed by atoms with Gasteiger partial charge in [-0.05, 0) is 31.7 Å². The number of pyridine rings is 1. The lowest BCUT2D eigenvalue weighted by atomic mass is 9.85. The Kier molecular flexibility index (Phi) is 6.57. The van der Waals surface area contributed by atoms with Crippen molar-refractivity contribution in [3.05, 3.63) is 29.2 Å². The molecule has 8 nitrogen and oxygen atoms in total. The highest BCUT2D eigenvalue weighted by molar-refractivity contribution is 6.33. The van der Waals surface area contributed by atoms with Gasteiger partial charge in [0, 0.05) is 62.0 Å². The fourth-order valence-electron chi connectivity index (χ4n) is 4.62. The third kappa shape index (κ3) is 4.91. The summed E-state index contributed by atoms with van der Waals surface area (Å²) in [6.45, 7) is 2.31. The van der Waals surface area contributed by atoms with E-state index in [4.69, 9.17) is 16.3 Å². The lowest BCUT2D eigenvalue weighted by molar-refractivity contribution is -0.123. The average Bonchev–Trinajstić information content (AvgIpc) is 3.17. The molecule has 1 aliphatic carbocycles. The van der Waals surface area contributed by atoms with E-state index in [-0.39, 0.29) is 29.9 Å². The number of aromatic nitrogens is 3. The summed E-state index contributed by atoms with van der Waals surface area (Å²) >= 11 is 6.47. The zero-order valence-electron chi connectivity index (χ0n) is 17.9. The zero-order valence-corrected chi connectivity index (χ0v) is 18.6. The molecule has 9 heteroatoms. The van der Waals surface area contributed by atoms with Crippen LogP contribution >= 0.6 is 11.6 Å². The van der Waals surface area contributed by atoms with Gasteiger partial charge in [-0.1, -0.05) is 18.0 Å². The molecule has 3 heterocycles. The van der Waals surface area contributed by atoms with E-state index in [2.05, 4.69) is 20.7 Å². The topological polar surface area (TPSA) is 98.1 Å². The standard InChI is InChI=1S/C22H28ClN5O3/c1-13(29)26-15-5-3-4-14(8-15)22(30)27-21-10-17(19(23)12-24-21)18-11-25-28-7-6-16(31-2)9-20(18)28/h10-12,14-16H,3-9H2,1-2H3,(H,26,29)(H,24,27,30)/t14-,15?,16?/m1/s1. The summed E-state index contributed by atoms with van der Waals surface area (Å²) in [6.07, 6.45) is 8.49. The monoisotopic (exact) mass is 445 g/mol. The first-order valence-electron chi connectivity index (χ1n) is 10.8. The highest BCUT2D eigenvalue weighted by atomic mass is 35.5. The number of halogens is 1. The Bertz CT molecular complexity index is 976. The van der Waals surface area contributed by atoms with Crippen LogP contribution in [0.2, 0.25) is 5.02 Å². The molecule has 31 heavy (non-hydrogen) atoms. The van der Waals surface area contributed by atoms with Gasteiger partial charge in [0.1, 0.15) is 5.82 Å². The van der Waals surface area contributed by atoms with Crippen LogP contribution in [0.3, 0.4) is 0 Å². The molecular formula is C22H28ClN5O3. The van der Waals surface area contributed by atoms with Crippen LogP contribution in [0, 0.1) is 5.92 Å². The van der Waals surface area contributed by atoms with E-state index >= 15 is 0 Å². The molecule has 0 bridgehead atoms. The first-order chi connectivity index (χ1) is 14.9. The Morgan fingerprint density at radius 3 is 2.84 bits per heavy atom. The van der Waals surface area contributed by atoms with Gasteiger partial charge in [0.15, 0.2) is 0 Å². The van der Waals surface area contributed by atoms with E-state index in [1.807, 2.05) is 16.9 Å². The summed E-state index contributed by atoms with van der Waals surface area (Å²) in [5, 5.41) is 10.9. The summed E-state index contributed by atoms with van der Waals surface area (Å²) in [5.41, 5.74) is 2.81. The van der Waals surface area contributed by atoms with Crippen molar-refractivity contribution in [1.82, 2.24) is 20.1 Å². The molecule has 166 valence electrons. The first kappa shape index (κ1) is 21.8. The highest BCUT2D eigenvalue weighted by Gasteiger charge is 2.28. The number of methoxy groups -OCH3 is 1. The molecule has 2 aliphatic rings. The number of amides is 2. The normalized spacial score (nSPS) is 23.1. The van der Waals surface area contributed by atoms with Crippen LogP contribution in [0.5, 0.6) is 0 Å². The Morgan fingerprint density at radius 1 is 1.23 bits per heavy atom. The Hall–Kier alpha value is -2.45. The summed E-state index contributed by atoms with van der Waals surface area (Å²) < 4.78 is 7.54. The van der Waals surface area contributed by atoms with Crippen LogP contribution in [0.15, 0.2) is 18.5 Å². The van der Waals surface area contributed by atoms with Gasteiger partial charge < -0.3 is 15.4 Å². The number of rotatable bonds is 5. The fourth-order valence-corrected chi connectivity index (χ4v) is 4.82. The molecular weight excluding hydrogens is 418 g/mol. The Labute approximate surface area is 186 Å². The number of hydrogen-bond acceptors (Lipinski definition) is 5. The van der Waals surface area contributed by atoms with Gasteiger partial charge in [0.25, 0.3) is 0 Å². The number of fused-ring (bicyclic) bond motifs is 1. The SMILES string of the molecule is COC1CCn2ncc(-c3cc(NC(=O)[C@@H]4CCCC(NC(C)=O)C4)ncc3Cl)c2C1. The predicted octanol–water partition coefficient (Wildman–Crippen LogP) is 3.19. The predicted molar refractivity (Wildman–Crippen MR) is 118 cm³/mol. The van der Waals surface area contributed by atoms with Crippen molar-refractivity contribution in [3.63, 3.8) is 0 Å². The number of nitrogens with zero attached hydrogens (tertiary/aromatic N) is 3. The third-order valence-electron chi connectivity index (χ3n) is 6.22. The lowest BCUT2D eigenvalue weighted by Crippen LogP contribution is -2.40. The van der Waals surface area contributed by atoms with Crippen molar-refractivity contribution in [2.75, 3.05) is 12.4 Å². The maximum absolute atomic E-state index is 12.9. The van der Waals surface area contributed by atoms with Gasteiger partial charge in [-0.3, -0.25) is 14.3 Å². The van der Waals surface area contributed by atoms with E-state index < -0.39 is 0 Å². The number of aryl methyl sites for hydroxylation is 1. The third-order valence-corrected chi connectivity index (χ3v) is 6.52. The van der Waals surface area contributed by atoms with E-state index in [0.717, 1.165) is 55.5 Å². The molecule has 2 unspecified atom stereocenters. The summed E-state index contributed by atoms with van der Waals surface area (Å²) in [4.78, 5) is 28.5. The van der Waals surface area contributed by atoms with Crippen molar-refractivity contribution in [3.8, 4) is 11.1 Å². The number of carbonyl (C=O) groups excluding carboxylic acids is 2. The van der Waals surface area contributed by atoms with Gasteiger partial charge in [-0.2, -0.15) is 5.10 Å². The van der Waals surface area contributed by atoms with Crippen molar-refractivity contribution < 1.29 is 14.3 Å². The van der Waals surface area contributed by atoms with Crippen molar-refractivity contribution in [2.45, 2.75) is 64.1 Å². The smallest absolute Gasteiger partial charge is 0.228 e. The first-order valence-corrected chi connectivity index (χ1v) is 11.1. The number of nitrogens with one attached hydrogen (secondary N) is 2. The van der Waals surface area contributed by atoms with Crippen molar-refractivity contribution in [2.24, 2.45) is 5.92 Å². The molecule has 0 saturated heterocycles. The summed E-state index contributed by atoms with van der Waals surface area (Å²) in [6, 6.07) is 1.85. The summed E-state index contributed by atoms with van der Waals surface area (Å²) in [5.74, 6) is 0.172. The fraction of sp³-hybridized carbons (Fsp3) is 0.545. The molecule has 2 amide bonds. The molecule has 0 aromatic carbocycles. The Balaban J connectivity index is 1.51.